The summed E-state index contributed by atoms with van der Waals surface area (Å²) in [7, 11) is 3.67. The number of benzene rings is 2. The first-order valence-corrected chi connectivity index (χ1v) is 14.2. The van der Waals surface area contributed by atoms with Crippen LogP contribution in [-0.4, -0.2) is 55.9 Å². The normalized spacial score (nSPS) is 22.0. The number of hydrogen-bond acceptors (Lipinski definition) is 5. The van der Waals surface area contributed by atoms with Gasteiger partial charge in [0.05, 0.1) is 5.60 Å². The minimum Gasteiger partial charge on any atom is -0.457 e. The summed E-state index contributed by atoms with van der Waals surface area (Å²) < 4.78 is 11.7. The number of rotatable bonds is 14. The summed E-state index contributed by atoms with van der Waals surface area (Å²) in [5.41, 5.74) is 5.57. The average molecular weight is 524 g/mol. The molecule has 4 rings (SSSR count). The molecule has 1 aliphatic heterocycles. The maximum Gasteiger partial charge on any atom is 0.315 e. The second-order valence-corrected chi connectivity index (χ2v) is 11.1. The molecule has 1 saturated heterocycles. The van der Waals surface area contributed by atoms with E-state index in [1.807, 2.05) is 66.5 Å². The van der Waals surface area contributed by atoms with Gasteiger partial charge < -0.3 is 30.5 Å². The van der Waals surface area contributed by atoms with E-state index >= 15 is 0 Å². The predicted molar refractivity (Wildman–Crippen MR) is 150 cm³/mol. The van der Waals surface area contributed by atoms with Gasteiger partial charge in [0.1, 0.15) is 11.5 Å². The molecule has 0 aromatic heterocycles. The third-order valence-electron chi connectivity index (χ3n) is 8.35. The van der Waals surface area contributed by atoms with Crippen LogP contribution < -0.4 is 15.8 Å². The molecule has 2 aromatic rings. The minimum absolute atomic E-state index is 0.161. The molecule has 38 heavy (non-hydrogen) atoms. The number of primary amides is 1. The highest BCUT2D eigenvalue weighted by Crippen LogP contribution is 2.49. The molecule has 2 unspecified atom stereocenters. The molecule has 2 aromatic carbocycles. The molecular weight excluding hydrogens is 478 g/mol. The van der Waals surface area contributed by atoms with Gasteiger partial charge in [-0.3, -0.25) is 0 Å². The summed E-state index contributed by atoms with van der Waals surface area (Å²) in [6.07, 6.45) is 7.33. The smallest absolute Gasteiger partial charge is 0.315 e. The van der Waals surface area contributed by atoms with Gasteiger partial charge >= 0.3 is 6.03 Å². The maximum absolute atomic E-state index is 12.9. The van der Waals surface area contributed by atoms with Crippen molar-refractivity contribution in [2.45, 2.75) is 63.0 Å². The first-order valence-electron chi connectivity index (χ1n) is 14.2. The van der Waals surface area contributed by atoms with Gasteiger partial charge in [-0.05, 0) is 82.2 Å². The number of likely N-dealkylation sites (tertiary alicyclic amines) is 1. The number of carbonyl (C=O) groups excluding carboxylic acids is 1. The topological polar surface area (TPSA) is 97.1 Å². The number of hydrogen-bond donors (Lipinski definition) is 3. The van der Waals surface area contributed by atoms with Crippen LogP contribution in [0.2, 0.25) is 0 Å². The van der Waals surface area contributed by atoms with Crippen LogP contribution in [0.25, 0.3) is 0 Å². The van der Waals surface area contributed by atoms with E-state index < -0.39 is 11.6 Å². The summed E-state index contributed by atoms with van der Waals surface area (Å²) in [6.45, 7) is 2.05. The number of unbranched alkanes of at least 4 members (excludes halogenated alkanes) is 1. The molecule has 1 saturated carbocycles. The monoisotopic (exact) mass is 523 g/mol. The van der Waals surface area contributed by atoms with Crippen LogP contribution in [0.15, 0.2) is 54.6 Å². The molecule has 2 amide bonds. The lowest BCUT2D eigenvalue weighted by Gasteiger charge is -2.51. The molecule has 0 radical (unpaired) electrons. The third kappa shape index (κ3) is 6.87. The quantitative estimate of drug-likeness (QED) is 0.293. The molecule has 2 fully saturated rings. The molecule has 2 aliphatic rings. The van der Waals surface area contributed by atoms with Crippen LogP contribution in [0.5, 0.6) is 11.5 Å². The van der Waals surface area contributed by atoms with E-state index in [1.54, 1.807) is 7.11 Å². The van der Waals surface area contributed by atoms with Crippen LogP contribution >= 0.6 is 0 Å². The van der Waals surface area contributed by atoms with E-state index in [4.69, 9.17) is 15.2 Å². The molecule has 7 heteroatoms. The van der Waals surface area contributed by atoms with Gasteiger partial charge in [0.15, 0.2) is 0 Å². The number of para-hydroxylation sites is 2. The van der Waals surface area contributed by atoms with Crippen LogP contribution in [0.4, 0.5) is 4.79 Å². The summed E-state index contributed by atoms with van der Waals surface area (Å²) in [6, 6.07) is 17.0. The van der Waals surface area contributed by atoms with Gasteiger partial charge in [0.2, 0.25) is 0 Å². The number of nitrogens with one attached hydrogen (secondary N) is 1. The van der Waals surface area contributed by atoms with Crippen molar-refractivity contribution in [3.63, 3.8) is 0 Å². The van der Waals surface area contributed by atoms with E-state index in [9.17, 15) is 9.90 Å². The van der Waals surface area contributed by atoms with Crippen molar-refractivity contribution in [3.05, 3.63) is 60.2 Å². The molecule has 1 heterocycles. The highest BCUT2D eigenvalue weighted by atomic mass is 16.5. The highest BCUT2D eigenvalue weighted by Gasteiger charge is 2.51. The van der Waals surface area contributed by atoms with Crippen molar-refractivity contribution >= 4 is 6.03 Å². The Morgan fingerprint density at radius 3 is 2.55 bits per heavy atom. The lowest BCUT2D eigenvalue weighted by Crippen LogP contribution is -2.60. The van der Waals surface area contributed by atoms with E-state index in [0.29, 0.717) is 31.2 Å². The van der Waals surface area contributed by atoms with Gasteiger partial charge in [-0.25, -0.2) is 4.79 Å². The Morgan fingerprint density at radius 1 is 1.13 bits per heavy atom. The van der Waals surface area contributed by atoms with Crippen LogP contribution in [0.3, 0.4) is 0 Å². The largest absolute Gasteiger partial charge is 0.457 e. The van der Waals surface area contributed by atoms with E-state index in [0.717, 1.165) is 50.0 Å². The molecule has 0 spiro atoms. The van der Waals surface area contributed by atoms with Gasteiger partial charge in [-0.1, -0.05) is 49.2 Å². The predicted octanol–water partition coefficient (Wildman–Crippen LogP) is 5.28. The van der Waals surface area contributed by atoms with Gasteiger partial charge in [0, 0.05) is 37.8 Å². The van der Waals surface area contributed by atoms with Gasteiger partial charge in [0.25, 0.3) is 0 Å². The fourth-order valence-electron chi connectivity index (χ4n) is 6.46. The first kappa shape index (κ1) is 28.4. The summed E-state index contributed by atoms with van der Waals surface area (Å²) in [4.78, 5) is 14.6. The zero-order valence-electron chi connectivity index (χ0n) is 23.0. The highest BCUT2D eigenvalue weighted by molar-refractivity contribution is 5.72. The Bertz CT molecular complexity index is 1020. The van der Waals surface area contributed by atoms with E-state index in [1.165, 1.54) is 12.8 Å². The summed E-state index contributed by atoms with van der Waals surface area (Å²) in [5, 5.41) is 16.3. The Morgan fingerprint density at radius 2 is 1.87 bits per heavy atom. The Balaban J connectivity index is 1.77. The molecule has 4 N–H and O–H groups in total. The number of amides is 2. The van der Waals surface area contributed by atoms with Crippen molar-refractivity contribution < 1.29 is 19.4 Å². The number of carbonyl (C=O) groups is 1. The zero-order valence-corrected chi connectivity index (χ0v) is 23.0. The summed E-state index contributed by atoms with van der Waals surface area (Å²) >= 11 is 0. The number of nitrogens with two attached hydrogens (primary N) is 1. The van der Waals surface area contributed by atoms with Crippen molar-refractivity contribution in [1.29, 1.82) is 0 Å². The molecular formula is C31H45N3O4. The van der Waals surface area contributed by atoms with Crippen molar-refractivity contribution in [1.82, 2.24) is 10.2 Å². The zero-order chi connectivity index (χ0) is 27.0. The van der Waals surface area contributed by atoms with Crippen molar-refractivity contribution in [2.75, 3.05) is 33.9 Å². The van der Waals surface area contributed by atoms with Gasteiger partial charge in [-0.2, -0.15) is 0 Å². The first-order chi connectivity index (χ1) is 18.5. The second kappa shape index (κ2) is 13.5. The van der Waals surface area contributed by atoms with Crippen LogP contribution in [-0.2, 0) is 10.3 Å². The Hall–Kier alpha value is -2.61. The second-order valence-electron chi connectivity index (χ2n) is 11.1. The maximum atomic E-state index is 12.9. The Labute approximate surface area is 227 Å². The SMILES string of the molecule is CNC[C@H](CC1CC1)C1C([C@@](O)(CCCCOC)c2ccccc2Oc2ccccc2)CCCN1C(N)=O. The number of aliphatic hydroxyl groups is 1. The van der Waals surface area contributed by atoms with Gasteiger partial charge in [-0.15, -0.1) is 0 Å². The molecule has 7 nitrogen and oxygen atoms in total. The number of urea groups is 1. The third-order valence-corrected chi connectivity index (χ3v) is 8.35. The molecule has 208 valence electrons. The van der Waals surface area contributed by atoms with Crippen LogP contribution in [0, 0.1) is 17.8 Å². The van der Waals surface area contributed by atoms with E-state index in [-0.39, 0.29) is 17.9 Å². The fraction of sp³-hybridized carbons (Fsp3) is 0.581. The van der Waals surface area contributed by atoms with Crippen LogP contribution in [0.1, 0.15) is 56.9 Å². The number of ether oxygens (including phenoxy) is 2. The lowest BCUT2D eigenvalue weighted by atomic mass is 9.66. The number of piperidine rings is 1. The summed E-state index contributed by atoms with van der Waals surface area (Å²) in [5.74, 6) is 2.09. The molecule has 1 aliphatic carbocycles. The van der Waals surface area contributed by atoms with E-state index in [2.05, 4.69) is 5.32 Å². The average Bonchev–Trinajstić information content (AvgIpc) is 3.75. The fourth-order valence-corrected chi connectivity index (χ4v) is 6.46. The molecule has 4 atom stereocenters. The number of nitrogens with zero attached hydrogens (tertiary/aromatic N) is 1. The Kier molecular flexibility index (Phi) is 10.1. The van der Waals surface area contributed by atoms with Crippen molar-refractivity contribution in [2.24, 2.45) is 23.5 Å². The lowest BCUT2D eigenvalue weighted by molar-refractivity contribution is -0.0933. The molecule has 0 bridgehead atoms. The number of methoxy groups -OCH3 is 1. The minimum atomic E-state index is -1.20. The standard InChI is InChI=1S/C31H45N3O4/c1-33-22-24(21-23-16-17-23)29-27(14-10-19-34(29)30(32)35)31(36,18-8-9-20-37-2)26-13-6-7-15-28(26)38-25-11-4-3-5-12-25/h3-7,11-13,15,23-24,27,29,33,36H,8-10,14,16-22H2,1-2H3,(H2,32,35)/t24-,27?,29?,31+/m0/s1. The van der Waals surface area contributed by atoms with Crippen molar-refractivity contribution in [3.8, 4) is 11.5 Å².